The first-order chi connectivity index (χ1) is 12.3. The Morgan fingerprint density at radius 1 is 1.15 bits per heavy atom. The minimum atomic E-state index is -4.49. The van der Waals surface area contributed by atoms with Crippen molar-refractivity contribution in [1.82, 2.24) is 9.99 Å². The van der Waals surface area contributed by atoms with Crippen molar-refractivity contribution < 1.29 is 13.2 Å². The van der Waals surface area contributed by atoms with Gasteiger partial charge in [0, 0.05) is 31.1 Å². The summed E-state index contributed by atoms with van der Waals surface area (Å²) in [6, 6.07) is 10.9. The number of rotatable bonds is 7. The van der Waals surface area contributed by atoms with Gasteiger partial charge in [0.1, 0.15) is 5.69 Å². The molecule has 0 spiro atoms. The summed E-state index contributed by atoms with van der Waals surface area (Å²) in [6.45, 7) is 7.61. The van der Waals surface area contributed by atoms with E-state index in [-0.39, 0.29) is 12.0 Å². The molecule has 1 aromatic heterocycles. The molecular formula is C20H22F3N3. The summed E-state index contributed by atoms with van der Waals surface area (Å²) in [4.78, 5) is 3.90. The Hall–Kier alpha value is -2.63. The van der Waals surface area contributed by atoms with E-state index in [4.69, 9.17) is 0 Å². The molecule has 2 rings (SSSR count). The number of halogens is 3. The zero-order chi connectivity index (χ0) is 19.2. The predicted molar refractivity (Wildman–Crippen MR) is 98.0 cm³/mol. The van der Waals surface area contributed by atoms with Crippen molar-refractivity contribution >= 4 is 6.21 Å². The van der Waals surface area contributed by atoms with Crippen LogP contribution in [0, 0.1) is 6.92 Å². The Balaban J connectivity index is 2.23. The zero-order valence-corrected chi connectivity index (χ0v) is 14.9. The van der Waals surface area contributed by atoms with Crippen LogP contribution >= 0.6 is 0 Å². The van der Waals surface area contributed by atoms with Gasteiger partial charge in [-0.25, -0.2) is 4.98 Å². The first kappa shape index (κ1) is 19.7. The number of benzene rings is 1. The van der Waals surface area contributed by atoms with Crippen molar-refractivity contribution in [2.24, 2.45) is 5.10 Å². The van der Waals surface area contributed by atoms with Crippen molar-refractivity contribution in [2.75, 3.05) is 6.54 Å². The van der Waals surface area contributed by atoms with E-state index in [1.165, 1.54) is 17.3 Å². The van der Waals surface area contributed by atoms with Gasteiger partial charge in [-0.15, -0.1) is 0 Å². The molecule has 0 atom stereocenters. The molecule has 0 bridgehead atoms. The van der Waals surface area contributed by atoms with Crippen LogP contribution in [0.25, 0.3) is 0 Å². The Bertz CT molecular complexity index is 765. The van der Waals surface area contributed by atoms with Gasteiger partial charge >= 0.3 is 6.18 Å². The third-order valence-electron chi connectivity index (χ3n) is 3.90. The Morgan fingerprint density at radius 2 is 1.85 bits per heavy atom. The fourth-order valence-electron chi connectivity index (χ4n) is 2.57. The number of pyridine rings is 1. The van der Waals surface area contributed by atoms with E-state index in [1.54, 1.807) is 19.2 Å². The molecule has 138 valence electrons. The van der Waals surface area contributed by atoms with Gasteiger partial charge < -0.3 is 0 Å². The van der Waals surface area contributed by atoms with E-state index in [2.05, 4.69) is 16.7 Å². The van der Waals surface area contributed by atoms with Crippen LogP contribution in [0.2, 0.25) is 0 Å². The summed E-state index contributed by atoms with van der Waals surface area (Å²) in [5.41, 5.74) is 1.76. The van der Waals surface area contributed by atoms with Gasteiger partial charge in [0.2, 0.25) is 0 Å². The topological polar surface area (TPSA) is 28.5 Å². The first-order valence-corrected chi connectivity index (χ1v) is 8.33. The number of hydrogen-bond acceptors (Lipinski definition) is 3. The summed E-state index contributed by atoms with van der Waals surface area (Å²) in [6.07, 6.45) is -0.911. The van der Waals surface area contributed by atoms with Gasteiger partial charge in [-0.1, -0.05) is 42.5 Å². The van der Waals surface area contributed by atoms with E-state index in [9.17, 15) is 13.2 Å². The maximum absolute atomic E-state index is 13.4. The van der Waals surface area contributed by atoms with Crippen molar-refractivity contribution in [2.45, 2.75) is 32.9 Å². The molecule has 0 aliphatic rings. The van der Waals surface area contributed by atoms with Crippen LogP contribution in [0.1, 0.15) is 35.0 Å². The molecule has 0 saturated carbocycles. The fourth-order valence-corrected chi connectivity index (χ4v) is 2.57. The predicted octanol–water partition coefficient (Wildman–Crippen LogP) is 4.99. The molecule has 1 aromatic carbocycles. The van der Waals surface area contributed by atoms with Gasteiger partial charge in [-0.3, -0.25) is 5.01 Å². The van der Waals surface area contributed by atoms with Crippen LogP contribution in [-0.4, -0.2) is 22.8 Å². The maximum atomic E-state index is 13.4. The molecule has 2 aromatic rings. The quantitative estimate of drug-likeness (QED) is 0.513. The lowest BCUT2D eigenvalue weighted by Crippen LogP contribution is -2.18. The average Bonchev–Trinajstić information content (AvgIpc) is 2.60. The summed E-state index contributed by atoms with van der Waals surface area (Å²) < 4.78 is 40.3. The zero-order valence-electron chi connectivity index (χ0n) is 14.9. The number of aryl methyl sites for hydroxylation is 1. The molecule has 6 heteroatoms. The van der Waals surface area contributed by atoms with Gasteiger partial charge in [0.05, 0.1) is 0 Å². The largest absolute Gasteiger partial charge is 0.433 e. The highest BCUT2D eigenvalue weighted by atomic mass is 19.4. The molecule has 0 amide bonds. The lowest BCUT2D eigenvalue weighted by Gasteiger charge is -2.17. The highest BCUT2D eigenvalue weighted by Gasteiger charge is 2.35. The number of nitrogens with zero attached hydrogens (tertiary/aromatic N) is 3. The van der Waals surface area contributed by atoms with Crippen molar-refractivity contribution in [3.05, 3.63) is 77.3 Å². The maximum Gasteiger partial charge on any atom is 0.433 e. The first-order valence-electron chi connectivity index (χ1n) is 8.33. The fraction of sp³-hybridized carbons (Fsp3) is 0.300. The molecule has 26 heavy (non-hydrogen) atoms. The van der Waals surface area contributed by atoms with Crippen molar-refractivity contribution in [3.8, 4) is 0 Å². The minimum Gasteiger partial charge on any atom is -0.273 e. The molecule has 0 aliphatic carbocycles. The SMILES string of the molecule is C=CN(CCc1ccc(Cc2ccc(C)cc2)nc1C(F)(F)F)/N=C\C. The second-order valence-corrected chi connectivity index (χ2v) is 5.94. The van der Waals surface area contributed by atoms with Crippen LogP contribution in [0.4, 0.5) is 13.2 Å². The molecule has 1 heterocycles. The van der Waals surface area contributed by atoms with E-state index in [0.717, 1.165) is 11.1 Å². The molecule has 0 saturated heterocycles. The summed E-state index contributed by atoms with van der Waals surface area (Å²) in [7, 11) is 0. The molecular weight excluding hydrogens is 339 g/mol. The number of hydrazone groups is 1. The molecule has 0 fully saturated rings. The summed E-state index contributed by atoms with van der Waals surface area (Å²) in [5.74, 6) is 0. The minimum absolute atomic E-state index is 0.156. The Kier molecular flexibility index (Phi) is 6.55. The van der Waals surface area contributed by atoms with Gasteiger partial charge in [-0.05, 0) is 37.5 Å². The third kappa shape index (κ3) is 5.44. The lowest BCUT2D eigenvalue weighted by molar-refractivity contribution is -0.141. The van der Waals surface area contributed by atoms with Crippen LogP contribution in [0.3, 0.4) is 0 Å². The van der Waals surface area contributed by atoms with Gasteiger partial charge in [0.15, 0.2) is 0 Å². The van der Waals surface area contributed by atoms with Crippen molar-refractivity contribution in [3.63, 3.8) is 0 Å². The van der Waals surface area contributed by atoms with E-state index >= 15 is 0 Å². The van der Waals surface area contributed by atoms with Gasteiger partial charge in [0.25, 0.3) is 0 Å². The standard InChI is InChI=1S/C20H22F3N3/c1-4-24-26(5-2)13-12-17-10-11-18(25-19(17)20(21,22)23)14-16-8-6-15(3)7-9-16/h4-11H,2,12-14H2,1,3H3/b24-4-. The van der Waals surface area contributed by atoms with Crippen LogP contribution in [0.5, 0.6) is 0 Å². The molecule has 0 unspecified atom stereocenters. The number of hydrogen-bond donors (Lipinski definition) is 0. The molecule has 0 aliphatic heterocycles. The third-order valence-corrected chi connectivity index (χ3v) is 3.90. The summed E-state index contributed by atoms with van der Waals surface area (Å²) >= 11 is 0. The Labute approximate surface area is 151 Å². The van der Waals surface area contributed by atoms with Crippen LogP contribution in [0.15, 0.2) is 54.3 Å². The number of alkyl halides is 3. The van der Waals surface area contributed by atoms with E-state index < -0.39 is 11.9 Å². The highest BCUT2D eigenvalue weighted by molar-refractivity contribution is 5.52. The van der Waals surface area contributed by atoms with Crippen molar-refractivity contribution in [1.29, 1.82) is 0 Å². The Morgan fingerprint density at radius 3 is 2.42 bits per heavy atom. The second kappa shape index (κ2) is 8.65. The second-order valence-electron chi connectivity index (χ2n) is 5.94. The van der Waals surface area contributed by atoms with E-state index in [0.29, 0.717) is 18.7 Å². The molecule has 0 N–H and O–H groups in total. The smallest absolute Gasteiger partial charge is 0.273 e. The lowest BCUT2D eigenvalue weighted by atomic mass is 10.0. The highest BCUT2D eigenvalue weighted by Crippen LogP contribution is 2.31. The van der Waals surface area contributed by atoms with E-state index in [1.807, 2.05) is 31.2 Å². The molecule has 0 radical (unpaired) electrons. The normalized spacial score (nSPS) is 11.7. The van der Waals surface area contributed by atoms with Crippen LogP contribution in [-0.2, 0) is 19.0 Å². The average molecular weight is 361 g/mol. The monoisotopic (exact) mass is 361 g/mol. The van der Waals surface area contributed by atoms with Gasteiger partial charge in [-0.2, -0.15) is 18.3 Å². The summed E-state index contributed by atoms with van der Waals surface area (Å²) in [5, 5.41) is 5.52. The number of aromatic nitrogens is 1. The molecule has 3 nitrogen and oxygen atoms in total. The van der Waals surface area contributed by atoms with Crippen LogP contribution < -0.4 is 0 Å².